The van der Waals surface area contributed by atoms with Crippen molar-refractivity contribution < 1.29 is 14.4 Å². The SMILES string of the molecule is Cc1cc(-c2nc(-c3ccc(CNCCC(=O)O)cc3)no2)ccc1-c1cccs1. The van der Waals surface area contributed by atoms with Crippen molar-refractivity contribution in [3.63, 3.8) is 0 Å². The average Bonchev–Trinajstić information content (AvgIpc) is 3.44. The van der Waals surface area contributed by atoms with E-state index < -0.39 is 5.97 Å². The number of aliphatic carboxylic acids is 1. The second-order valence-corrected chi connectivity index (χ2v) is 7.90. The molecular formula is C23H21N3O3S. The van der Waals surface area contributed by atoms with Gasteiger partial charge in [-0.05, 0) is 47.2 Å². The van der Waals surface area contributed by atoms with Crippen LogP contribution < -0.4 is 5.32 Å². The van der Waals surface area contributed by atoms with Gasteiger partial charge >= 0.3 is 5.97 Å². The summed E-state index contributed by atoms with van der Waals surface area (Å²) in [4.78, 5) is 16.3. The summed E-state index contributed by atoms with van der Waals surface area (Å²) in [7, 11) is 0. The summed E-state index contributed by atoms with van der Waals surface area (Å²) >= 11 is 1.72. The summed E-state index contributed by atoms with van der Waals surface area (Å²) in [6.07, 6.45) is 0.109. The van der Waals surface area contributed by atoms with E-state index in [2.05, 4.69) is 52.0 Å². The minimum Gasteiger partial charge on any atom is -0.481 e. The Bertz CT molecular complexity index is 1130. The third kappa shape index (κ3) is 4.64. The molecule has 2 heterocycles. The normalized spacial score (nSPS) is 11.0. The molecule has 0 atom stereocenters. The monoisotopic (exact) mass is 419 g/mol. The van der Waals surface area contributed by atoms with Gasteiger partial charge in [0.2, 0.25) is 5.82 Å². The van der Waals surface area contributed by atoms with Gasteiger partial charge in [0.25, 0.3) is 5.89 Å². The molecule has 6 nitrogen and oxygen atoms in total. The minimum absolute atomic E-state index is 0.109. The van der Waals surface area contributed by atoms with E-state index in [-0.39, 0.29) is 6.42 Å². The third-order valence-corrected chi connectivity index (χ3v) is 5.65. The first-order valence-corrected chi connectivity index (χ1v) is 10.5. The zero-order valence-electron chi connectivity index (χ0n) is 16.5. The molecule has 0 amide bonds. The maximum absolute atomic E-state index is 10.5. The van der Waals surface area contributed by atoms with Gasteiger partial charge in [0.05, 0.1) is 6.42 Å². The van der Waals surface area contributed by atoms with E-state index in [9.17, 15) is 4.79 Å². The van der Waals surface area contributed by atoms with Gasteiger partial charge in [-0.25, -0.2) is 0 Å². The van der Waals surface area contributed by atoms with Crippen LogP contribution in [0, 0.1) is 6.92 Å². The summed E-state index contributed by atoms with van der Waals surface area (Å²) in [6.45, 7) is 3.13. The molecule has 152 valence electrons. The predicted octanol–water partition coefficient (Wildman–Crippen LogP) is 5.00. The van der Waals surface area contributed by atoms with E-state index >= 15 is 0 Å². The van der Waals surface area contributed by atoms with Crippen LogP contribution in [0.3, 0.4) is 0 Å². The highest BCUT2D eigenvalue weighted by Crippen LogP contribution is 2.31. The Labute approximate surface area is 178 Å². The van der Waals surface area contributed by atoms with Crippen LogP contribution in [0.25, 0.3) is 33.3 Å². The van der Waals surface area contributed by atoms with E-state index in [1.54, 1.807) is 11.3 Å². The molecule has 4 rings (SSSR count). The van der Waals surface area contributed by atoms with Gasteiger partial charge in [-0.2, -0.15) is 4.98 Å². The second kappa shape index (κ2) is 9.02. The van der Waals surface area contributed by atoms with Gasteiger partial charge in [-0.15, -0.1) is 11.3 Å². The van der Waals surface area contributed by atoms with E-state index in [1.807, 2.05) is 30.3 Å². The zero-order chi connectivity index (χ0) is 20.9. The zero-order valence-corrected chi connectivity index (χ0v) is 17.3. The number of hydrogen-bond acceptors (Lipinski definition) is 6. The molecule has 0 unspecified atom stereocenters. The van der Waals surface area contributed by atoms with Crippen LogP contribution in [0.2, 0.25) is 0 Å². The minimum atomic E-state index is -0.804. The average molecular weight is 420 g/mol. The first kappa shape index (κ1) is 20.0. The molecule has 0 saturated carbocycles. The number of carboxylic acid groups (broad SMARTS) is 1. The van der Waals surface area contributed by atoms with Gasteiger partial charge in [0, 0.05) is 29.1 Å². The highest BCUT2D eigenvalue weighted by atomic mass is 32.1. The van der Waals surface area contributed by atoms with Gasteiger partial charge in [-0.3, -0.25) is 4.79 Å². The molecule has 0 aliphatic rings. The maximum Gasteiger partial charge on any atom is 0.304 e. The van der Waals surface area contributed by atoms with Crippen molar-refractivity contribution in [2.45, 2.75) is 19.9 Å². The first-order chi connectivity index (χ1) is 14.6. The number of nitrogens with zero attached hydrogens (tertiary/aromatic N) is 2. The molecule has 30 heavy (non-hydrogen) atoms. The quantitative estimate of drug-likeness (QED) is 0.391. The maximum atomic E-state index is 10.5. The highest BCUT2D eigenvalue weighted by Gasteiger charge is 2.12. The lowest BCUT2D eigenvalue weighted by atomic mass is 10.0. The molecule has 0 aliphatic heterocycles. The van der Waals surface area contributed by atoms with Gasteiger partial charge < -0.3 is 14.9 Å². The highest BCUT2D eigenvalue weighted by molar-refractivity contribution is 7.13. The van der Waals surface area contributed by atoms with Gasteiger partial charge in [-0.1, -0.05) is 41.6 Å². The van der Waals surface area contributed by atoms with Crippen molar-refractivity contribution >= 4 is 17.3 Å². The summed E-state index contributed by atoms with van der Waals surface area (Å²) in [6, 6.07) is 18.1. The Hall–Kier alpha value is -3.29. The van der Waals surface area contributed by atoms with Crippen molar-refractivity contribution in [3.8, 4) is 33.3 Å². The number of rotatable bonds is 8. The van der Waals surface area contributed by atoms with Crippen molar-refractivity contribution in [1.29, 1.82) is 0 Å². The Morgan fingerprint density at radius 3 is 2.63 bits per heavy atom. The molecule has 0 spiro atoms. The predicted molar refractivity (Wildman–Crippen MR) is 117 cm³/mol. The number of nitrogens with one attached hydrogen (secondary N) is 1. The largest absolute Gasteiger partial charge is 0.481 e. The Kier molecular flexibility index (Phi) is 6.02. The second-order valence-electron chi connectivity index (χ2n) is 6.95. The van der Waals surface area contributed by atoms with E-state index in [1.165, 1.54) is 10.4 Å². The smallest absolute Gasteiger partial charge is 0.304 e. The number of thiophene rings is 1. The molecule has 0 radical (unpaired) electrons. The van der Waals surface area contributed by atoms with Crippen LogP contribution in [0.1, 0.15) is 17.5 Å². The van der Waals surface area contributed by atoms with Crippen molar-refractivity contribution in [3.05, 3.63) is 71.1 Å². The third-order valence-electron chi connectivity index (χ3n) is 4.74. The molecule has 0 fully saturated rings. The molecule has 2 N–H and O–H groups in total. The van der Waals surface area contributed by atoms with Crippen LogP contribution in [-0.4, -0.2) is 27.8 Å². The topological polar surface area (TPSA) is 88.2 Å². The van der Waals surface area contributed by atoms with E-state index in [0.29, 0.717) is 24.8 Å². The van der Waals surface area contributed by atoms with E-state index in [0.717, 1.165) is 22.3 Å². The van der Waals surface area contributed by atoms with E-state index in [4.69, 9.17) is 9.63 Å². The molecule has 2 aromatic carbocycles. The molecule has 0 aliphatic carbocycles. The van der Waals surface area contributed by atoms with Crippen LogP contribution in [0.5, 0.6) is 0 Å². The number of hydrogen-bond donors (Lipinski definition) is 2. The van der Waals surface area contributed by atoms with Crippen molar-refractivity contribution in [2.75, 3.05) is 6.54 Å². The first-order valence-electron chi connectivity index (χ1n) is 9.60. The lowest BCUT2D eigenvalue weighted by Crippen LogP contribution is -2.17. The number of aryl methyl sites for hydroxylation is 1. The molecule has 7 heteroatoms. The van der Waals surface area contributed by atoms with Crippen LogP contribution in [-0.2, 0) is 11.3 Å². The summed E-state index contributed by atoms with van der Waals surface area (Å²) in [5, 5.41) is 18.0. The summed E-state index contributed by atoms with van der Waals surface area (Å²) < 4.78 is 5.50. The van der Waals surface area contributed by atoms with Gasteiger partial charge in [0.15, 0.2) is 0 Å². The Balaban J connectivity index is 1.45. The molecule has 0 bridgehead atoms. The number of benzene rings is 2. The van der Waals surface area contributed by atoms with Crippen LogP contribution >= 0.6 is 11.3 Å². The number of aromatic nitrogens is 2. The lowest BCUT2D eigenvalue weighted by Gasteiger charge is -2.04. The Morgan fingerprint density at radius 1 is 1.13 bits per heavy atom. The summed E-state index contributed by atoms with van der Waals surface area (Å²) in [5.41, 5.74) is 5.19. The molecule has 2 aromatic heterocycles. The molecular weight excluding hydrogens is 398 g/mol. The van der Waals surface area contributed by atoms with Crippen molar-refractivity contribution in [1.82, 2.24) is 15.5 Å². The fraction of sp³-hybridized carbons (Fsp3) is 0.174. The fourth-order valence-corrected chi connectivity index (χ4v) is 3.98. The molecule has 4 aromatic rings. The van der Waals surface area contributed by atoms with Crippen LogP contribution in [0.15, 0.2) is 64.5 Å². The number of carbonyl (C=O) groups is 1. The molecule has 0 saturated heterocycles. The van der Waals surface area contributed by atoms with Crippen LogP contribution in [0.4, 0.5) is 0 Å². The lowest BCUT2D eigenvalue weighted by molar-refractivity contribution is -0.136. The standard InChI is InChI=1S/C23H21N3O3S/c1-15-13-18(8-9-19(15)20-3-2-12-30-20)23-25-22(26-29-23)17-6-4-16(5-7-17)14-24-11-10-21(27)28/h2-9,12-13,24H,10-11,14H2,1H3,(H,27,28). The fourth-order valence-electron chi connectivity index (χ4n) is 3.16. The Morgan fingerprint density at radius 2 is 1.93 bits per heavy atom. The number of carboxylic acids is 1. The van der Waals surface area contributed by atoms with Gasteiger partial charge in [0.1, 0.15) is 0 Å². The summed E-state index contributed by atoms with van der Waals surface area (Å²) in [5.74, 6) is 0.225. The van der Waals surface area contributed by atoms with Crippen molar-refractivity contribution in [2.24, 2.45) is 0 Å².